The van der Waals surface area contributed by atoms with Crippen LogP contribution in [0.25, 0.3) is 0 Å². The van der Waals surface area contributed by atoms with E-state index in [9.17, 15) is 19.7 Å². The van der Waals surface area contributed by atoms with Gasteiger partial charge < -0.3 is 10.2 Å². The van der Waals surface area contributed by atoms with Crippen LogP contribution in [0.5, 0.6) is 0 Å². The lowest BCUT2D eigenvalue weighted by atomic mass is 9.96. The van der Waals surface area contributed by atoms with Crippen LogP contribution in [0.15, 0.2) is 42.7 Å². The summed E-state index contributed by atoms with van der Waals surface area (Å²) in [5, 5.41) is 13.9. The van der Waals surface area contributed by atoms with E-state index in [1.165, 1.54) is 12.1 Å². The zero-order valence-corrected chi connectivity index (χ0v) is 15.6. The van der Waals surface area contributed by atoms with Crippen molar-refractivity contribution >= 4 is 17.5 Å². The summed E-state index contributed by atoms with van der Waals surface area (Å²) >= 11 is 0. The maximum absolute atomic E-state index is 12.4. The minimum atomic E-state index is -0.485. The van der Waals surface area contributed by atoms with Gasteiger partial charge in [-0.1, -0.05) is 6.07 Å². The Hall–Kier alpha value is -3.29. The van der Waals surface area contributed by atoms with Gasteiger partial charge in [0.15, 0.2) is 0 Å². The summed E-state index contributed by atoms with van der Waals surface area (Å²) in [6, 6.07) is 7.99. The second-order valence-electron chi connectivity index (χ2n) is 6.89. The second-order valence-corrected chi connectivity index (χ2v) is 6.89. The Labute approximate surface area is 162 Å². The number of hydrogen-bond acceptors (Lipinski definition) is 5. The summed E-state index contributed by atoms with van der Waals surface area (Å²) in [5.41, 5.74) is 1.20. The molecule has 0 unspecified atom stereocenters. The largest absolute Gasteiger partial charge is 0.352 e. The first-order chi connectivity index (χ1) is 13.5. The predicted octanol–water partition coefficient (Wildman–Crippen LogP) is 2.58. The lowest BCUT2D eigenvalue weighted by molar-refractivity contribution is -0.385. The molecule has 8 nitrogen and oxygen atoms in total. The number of carbonyl (C=O) groups excluding carboxylic acids is 2. The van der Waals surface area contributed by atoms with Crippen molar-refractivity contribution in [3.63, 3.8) is 0 Å². The number of nitro groups is 1. The van der Waals surface area contributed by atoms with Crippen LogP contribution in [-0.4, -0.2) is 46.3 Å². The summed E-state index contributed by atoms with van der Waals surface area (Å²) in [6.07, 6.45) is 4.78. The first-order valence-corrected chi connectivity index (χ1v) is 9.19. The summed E-state index contributed by atoms with van der Waals surface area (Å²) in [4.78, 5) is 41.2. The number of aromatic nitrogens is 1. The molecule has 1 saturated heterocycles. The highest BCUT2D eigenvalue weighted by Gasteiger charge is 2.25. The van der Waals surface area contributed by atoms with Gasteiger partial charge in [-0.25, -0.2) is 0 Å². The number of amides is 2. The van der Waals surface area contributed by atoms with Gasteiger partial charge >= 0.3 is 0 Å². The maximum atomic E-state index is 12.4. The van der Waals surface area contributed by atoms with E-state index in [0.29, 0.717) is 36.3 Å². The fourth-order valence-electron chi connectivity index (χ4n) is 3.41. The van der Waals surface area contributed by atoms with Crippen molar-refractivity contribution in [3.05, 3.63) is 69.5 Å². The van der Waals surface area contributed by atoms with Crippen molar-refractivity contribution in [2.45, 2.75) is 19.8 Å². The van der Waals surface area contributed by atoms with E-state index in [4.69, 9.17) is 0 Å². The van der Waals surface area contributed by atoms with Crippen LogP contribution in [0, 0.1) is 23.0 Å². The third-order valence-corrected chi connectivity index (χ3v) is 5.11. The van der Waals surface area contributed by atoms with E-state index < -0.39 is 4.92 Å². The maximum Gasteiger partial charge on any atom is 0.273 e. The molecule has 1 aliphatic heterocycles. The molecule has 1 aromatic heterocycles. The van der Waals surface area contributed by atoms with E-state index in [-0.39, 0.29) is 23.4 Å². The third-order valence-electron chi connectivity index (χ3n) is 5.11. The molecule has 1 fully saturated rings. The number of piperidine rings is 1. The molecule has 28 heavy (non-hydrogen) atoms. The van der Waals surface area contributed by atoms with E-state index in [0.717, 1.165) is 12.8 Å². The zero-order valence-electron chi connectivity index (χ0n) is 15.6. The molecule has 1 aliphatic rings. The van der Waals surface area contributed by atoms with Gasteiger partial charge in [0, 0.05) is 49.2 Å². The van der Waals surface area contributed by atoms with Crippen LogP contribution in [0.3, 0.4) is 0 Å². The van der Waals surface area contributed by atoms with Crippen LogP contribution < -0.4 is 5.32 Å². The van der Waals surface area contributed by atoms with Crippen molar-refractivity contribution in [2.75, 3.05) is 19.6 Å². The molecule has 146 valence electrons. The monoisotopic (exact) mass is 382 g/mol. The molecule has 2 aromatic rings. The number of likely N-dealkylation sites (tertiary alicyclic amines) is 1. The zero-order chi connectivity index (χ0) is 20.1. The summed E-state index contributed by atoms with van der Waals surface area (Å²) in [5.74, 6) is -0.0706. The number of nitrogens with one attached hydrogen (secondary N) is 1. The van der Waals surface area contributed by atoms with Crippen LogP contribution in [0.1, 0.15) is 39.1 Å². The minimum absolute atomic E-state index is 0.0252. The fourth-order valence-corrected chi connectivity index (χ4v) is 3.41. The normalized spacial score (nSPS) is 14.5. The molecule has 3 rings (SSSR count). The van der Waals surface area contributed by atoms with E-state index in [2.05, 4.69) is 10.3 Å². The van der Waals surface area contributed by atoms with Gasteiger partial charge in [0.05, 0.1) is 10.5 Å². The Morgan fingerprint density at radius 3 is 2.64 bits per heavy atom. The molecular formula is C20H22N4O4. The van der Waals surface area contributed by atoms with Crippen molar-refractivity contribution < 1.29 is 14.5 Å². The van der Waals surface area contributed by atoms with Crippen molar-refractivity contribution in [1.82, 2.24) is 15.2 Å². The minimum Gasteiger partial charge on any atom is -0.352 e. The SMILES string of the molecule is Cc1c(C(=O)NCC2CCN(C(=O)c3cccnc3)CC2)cccc1[N+](=O)[O-]. The Bertz CT molecular complexity index is 877. The molecule has 1 N–H and O–H groups in total. The lowest BCUT2D eigenvalue weighted by Crippen LogP contribution is -2.41. The Kier molecular flexibility index (Phi) is 5.98. The van der Waals surface area contributed by atoms with Crippen LogP contribution in [0.4, 0.5) is 5.69 Å². The first-order valence-electron chi connectivity index (χ1n) is 9.19. The Balaban J connectivity index is 1.52. The molecule has 2 amide bonds. The number of nitrogens with zero attached hydrogens (tertiary/aromatic N) is 3. The number of rotatable bonds is 5. The Morgan fingerprint density at radius 2 is 2.00 bits per heavy atom. The van der Waals surface area contributed by atoms with Crippen LogP contribution in [-0.2, 0) is 0 Å². The lowest BCUT2D eigenvalue weighted by Gasteiger charge is -2.32. The van der Waals surface area contributed by atoms with Gasteiger partial charge in [-0.15, -0.1) is 0 Å². The molecule has 0 spiro atoms. The second kappa shape index (κ2) is 8.60. The smallest absolute Gasteiger partial charge is 0.273 e. The molecule has 8 heteroatoms. The highest BCUT2D eigenvalue weighted by atomic mass is 16.6. The molecule has 1 aromatic carbocycles. The molecule has 0 bridgehead atoms. The number of nitro benzene ring substituents is 1. The van der Waals surface area contributed by atoms with Gasteiger partial charge in [0.1, 0.15) is 0 Å². The van der Waals surface area contributed by atoms with Gasteiger partial charge in [-0.3, -0.25) is 24.7 Å². The van der Waals surface area contributed by atoms with E-state index >= 15 is 0 Å². The number of benzene rings is 1. The molecule has 0 saturated carbocycles. The fraction of sp³-hybridized carbons (Fsp3) is 0.350. The van der Waals surface area contributed by atoms with Crippen molar-refractivity contribution in [2.24, 2.45) is 5.92 Å². The molecule has 0 radical (unpaired) electrons. The quantitative estimate of drug-likeness (QED) is 0.632. The first kappa shape index (κ1) is 19.5. The molecular weight excluding hydrogens is 360 g/mol. The summed E-state index contributed by atoms with van der Waals surface area (Å²) in [6.45, 7) is 3.32. The number of hydrogen-bond donors (Lipinski definition) is 1. The average molecular weight is 382 g/mol. The van der Waals surface area contributed by atoms with Crippen LogP contribution >= 0.6 is 0 Å². The van der Waals surface area contributed by atoms with Crippen LogP contribution in [0.2, 0.25) is 0 Å². The van der Waals surface area contributed by atoms with E-state index in [1.54, 1.807) is 42.4 Å². The summed E-state index contributed by atoms with van der Waals surface area (Å²) in [7, 11) is 0. The molecule has 2 heterocycles. The molecule has 0 aliphatic carbocycles. The molecule has 0 atom stereocenters. The number of carbonyl (C=O) groups is 2. The highest BCUT2D eigenvalue weighted by molar-refractivity contribution is 5.96. The predicted molar refractivity (Wildman–Crippen MR) is 103 cm³/mol. The summed E-state index contributed by atoms with van der Waals surface area (Å²) < 4.78 is 0. The topological polar surface area (TPSA) is 105 Å². The van der Waals surface area contributed by atoms with Gasteiger partial charge in [0.2, 0.25) is 0 Å². The van der Waals surface area contributed by atoms with Gasteiger partial charge in [-0.05, 0) is 43.9 Å². The van der Waals surface area contributed by atoms with Gasteiger partial charge in [-0.2, -0.15) is 0 Å². The number of pyridine rings is 1. The van der Waals surface area contributed by atoms with Crippen molar-refractivity contribution in [1.29, 1.82) is 0 Å². The van der Waals surface area contributed by atoms with Crippen molar-refractivity contribution in [3.8, 4) is 0 Å². The standard InChI is InChI=1S/C20H22N4O4/c1-14-17(5-2-6-18(14)24(27)28)19(25)22-12-15-7-10-23(11-8-15)20(26)16-4-3-9-21-13-16/h2-6,9,13,15H,7-8,10-12H2,1H3,(H,22,25). The highest BCUT2D eigenvalue weighted by Crippen LogP contribution is 2.22. The third kappa shape index (κ3) is 4.33. The Morgan fingerprint density at radius 1 is 1.25 bits per heavy atom. The average Bonchev–Trinajstić information content (AvgIpc) is 2.72. The van der Waals surface area contributed by atoms with E-state index in [1.807, 2.05) is 0 Å². The van der Waals surface area contributed by atoms with Gasteiger partial charge in [0.25, 0.3) is 17.5 Å².